The molecule has 0 fully saturated rings. The van der Waals surface area contributed by atoms with Crippen molar-refractivity contribution in [2.45, 2.75) is 20.3 Å². The molecule has 4 rings (SSSR count). The maximum Gasteiger partial charge on any atom is 0.437 e. The second-order valence-electron chi connectivity index (χ2n) is 7.19. The first-order valence-corrected chi connectivity index (χ1v) is 9.93. The van der Waals surface area contributed by atoms with Gasteiger partial charge in [0.15, 0.2) is 5.82 Å². The van der Waals surface area contributed by atoms with Crippen LogP contribution in [-0.4, -0.2) is 25.7 Å². The number of aromatic nitrogens is 4. The lowest BCUT2D eigenvalue weighted by molar-refractivity contribution is 0.102. The van der Waals surface area contributed by atoms with Crippen LogP contribution in [0.2, 0.25) is 0 Å². The monoisotopic (exact) mass is 433 g/mol. The highest BCUT2D eigenvalue weighted by Gasteiger charge is 2.16. The minimum atomic E-state index is -0.599. The number of hydrogen-bond donors (Lipinski definition) is 1. The summed E-state index contributed by atoms with van der Waals surface area (Å²) < 4.78 is 20.3. The first-order chi connectivity index (χ1) is 15.4. The fourth-order valence-corrected chi connectivity index (χ4v) is 3.35. The number of nitrogens with one attached hydrogen (secondary N) is 1. The highest BCUT2D eigenvalue weighted by Crippen LogP contribution is 2.28. The van der Waals surface area contributed by atoms with Crippen molar-refractivity contribution in [3.63, 3.8) is 0 Å². The minimum absolute atomic E-state index is 0.0313. The zero-order chi connectivity index (χ0) is 22.8. The lowest BCUT2D eigenvalue weighted by Crippen LogP contribution is -2.16. The summed E-state index contributed by atoms with van der Waals surface area (Å²) in [6.07, 6.45) is 3.68. The van der Waals surface area contributed by atoms with E-state index in [-0.39, 0.29) is 17.3 Å². The molecular weight excluding hydrogens is 413 g/mol. The molecule has 0 aliphatic heterocycles. The Bertz CT molecular complexity index is 1340. The molecule has 1 amide bonds. The molecule has 2 heterocycles. The Balaban J connectivity index is 1.63. The molecule has 1 N–H and O–H groups in total. The predicted molar refractivity (Wildman–Crippen MR) is 117 cm³/mol. The third-order valence-electron chi connectivity index (χ3n) is 5.05. The van der Waals surface area contributed by atoms with Gasteiger partial charge in [-0.2, -0.15) is 4.68 Å². The van der Waals surface area contributed by atoms with E-state index in [0.29, 0.717) is 16.8 Å². The molecule has 0 radical (unpaired) electrons. The van der Waals surface area contributed by atoms with E-state index < -0.39 is 17.5 Å². The summed E-state index contributed by atoms with van der Waals surface area (Å²) in [6.45, 7) is 3.67. The van der Waals surface area contributed by atoms with Crippen LogP contribution in [0.15, 0.2) is 58.0 Å². The van der Waals surface area contributed by atoms with Crippen molar-refractivity contribution in [1.29, 1.82) is 0 Å². The Morgan fingerprint density at radius 1 is 1.19 bits per heavy atom. The number of rotatable bonds is 5. The van der Waals surface area contributed by atoms with Crippen LogP contribution in [0.5, 0.6) is 0 Å². The summed E-state index contributed by atoms with van der Waals surface area (Å²) in [5.74, 6) is -1.34. The van der Waals surface area contributed by atoms with Gasteiger partial charge < -0.3 is 9.73 Å². The first kappa shape index (κ1) is 21.1. The SMILES string of the molecule is CCc1ccc(-c2nn(C)c(=O)o2)cc1-c1cnc(NC(=O)c2c(C)cccc2F)cn1. The van der Waals surface area contributed by atoms with Gasteiger partial charge in [0.2, 0.25) is 5.89 Å². The molecule has 0 aliphatic carbocycles. The van der Waals surface area contributed by atoms with Crippen LogP contribution < -0.4 is 11.1 Å². The number of benzene rings is 2. The number of hydrogen-bond acceptors (Lipinski definition) is 6. The Morgan fingerprint density at radius 2 is 2.00 bits per heavy atom. The van der Waals surface area contributed by atoms with E-state index in [1.54, 1.807) is 19.1 Å². The molecule has 162 valence electrons. The Labute approximate surface area is 182 Å². The molecule has 0 aliphatic rings. The molecule has 0 spiro atoms. The van der Waals surface area contributed by atoms with Crippen molar-refractivity contribution in [2.75, 3.05) is 5.32 Å². The number of carbonyl (C=O) groups is 1. The smallest absolute Gasteiger partial charge is 0.388 e. The van der Waals surface area contributed by atoms with E-state index in [1.807, 2.05) is 25.1 Å². The summed E-state index contributed by atoms with van der Waals surface area (Å²) in [4.78, 5) is 32.8. The van der Waals surface area contributed by atoms with Crippen LogP contribution in [-0.2, 0) is 13.5 Å². The standard InChI is InChI=1S/C23H20FN5O3/c1-4-14-8-9-15(22-28-29(3)23(31)32-22)10-16(14)18-11-26-19(12-25-18)27-21(30)20-13(2)6-5-7-17(20)24/h5-12H,4H2,1-3H3,(H,26,27,30). The maximum atomic E-state index is 14.0. The second-order valence-corrected chi connectivity index (χ2v) is 7.19. The fourth-order valence-electron chi connectivity index (χ4n) is 3.35. The summed E-state index contributed by atoms with van der Waals surface area (Å²) in [6, 6.07) is 10.0. The summed E-state index contributed by atoms with van der Waals surface area (Å²) in [5, 5.41) is 6.66. The van der Waals surface area contributed by atoms with Crippen LogP contribution in [0.3, 0.4) is 0 Å². The van der Waals surface area contributed by atoms with Crippen molar-refractivity contribution >= 4 is 11.7 Å². The van der Waals surface area contributed by atoms with Gasteiger partial charge >= 0.3 is 5.76 Å². The number of amides is 1. The van der Waals surface area contributed by atoms with Crippen LogP contribution in [0.25, 0.3) is 22.7 Å². The average Bonchev–Trinajstić information content (AvgIpc) is 3.12. The molecule has 0 saturated heterocycles. The van der Waals surface area contributed by atoms with E-state index >= 15 is 0 Å². The number of carbonyl (C=O) groups excluding carboxylic acids is 1. The third-order valence-corrected chi connectivity index (χ3v) is 5.05. The number of halogens is 1. The van der Waals surface area contributed by atoms with Gasteiger partial charge in [-0.25, -0.2) is 14.2 Å². The fraction of sp³-hybridized carbons (Fsp3) is 0.174. The van der Waals surface area contributed by atoms with Crippen LogP contribution in [0, 0.1) is 12.7 Å². The van der Waals surface area contributed by atoms with Crippen molar-refractivity contribution < 1.29 is 13.6 Å². The number of aryl methyl sites for hydroxylation is 3. The molecule has 0 unspecified atom stereocenters. The highest BCUT2D eigenvalue weighted by atomic mass is 19.1. The predicted octanol–water partition coefficient (Wildman–Crippen LogP) is 3.76. The lowest BCUT2D eigenvalue weighted by atomic mass is 9.99. The largest absolute Gasteiger partial charge is 0.437 e. The summed E-state index contributed by atoms with van der Waals surface area (Å²) in [7, 11) is 1.51. The van der Waals surface area contributed by atoms with Crippen LogP contribution in [0.4, 0.5) is 10.2 Å². The van der Waals surface area contributed by atoms with Crippen molar-refractivity contribution in [3.8, 4) is 22.7 Å². The van der Waals surface area contributed by atoms with E-state index in [0.717, 1.165) is 22.2 Å². The molecule has 9 heteroatoms. The van der Waals surface area contributed by atoms with Gasteiger partial charge in [-0.1, -0.05) is 25.1 Å². The number of anilines is 1. The molecule has 2 aromatic heterocycles. The number of nitrogens with zero attached hydrogens (tertiary/aromatic N) is 4. The Hall–Kier alpha value is -4.14. The van der Waals surface area contributed by atoms with Gasteiger partial charge in [-0.3, -0.25) is 9.78 Å². The van der Waals surface area contributed by atoms with E-state index in [1.165, 1.54) is 25.5 Å². The van der Waals surface area contributed by atoms with E-state index in [9.17, 15) is 14.0 Å². The van der Waals surface area contributed by atoms with E-state index in [2.05, 4.69) is 20.4 Å². The zero-order valence-corrected chi connectivity index (χ0v) is 17.7. The average molecular weight is 433 g/mol. The van der Waals surface area contributed by atoms with Crippen LogP contribution in [0.1, 0.15) is 28.4 Å². The van der Waals surface area contributed by atoms with E-state index in [4.69, 9.17) is 4.42 Å². The Kier molecular flexibility index (Phi) is 5.63. The topological polar surface area (TPSA) is 103 Å². The molecule has 32 heavy (non-hydrogen) atoms. The molecular formula is C23H20FN5O3. The van der Waals surface area contributed by atoms with Crippen molar-refractivity contribution in [1.82, 2.24) is 19.7 Å². The normalized spacial score (nSPS) is 10.9. The van der Waals surface area contributed by atoms with Gasteiger partial charge in [0.25, 0.3) is 5.91 Å². The van der Waals surface area contributed by atoms with Gasteiger partial charge in [0.05, 0.1) is 23.7 Å². The molecule has 0 atom stereocenters. The van der Waals surface area contributed by atoms with Crippen molar-refractivity contribution in [2.24, 2.45) is 7.05 Å². The zero-order valence-electron chi connectivity index (χ0n) is 17.7. The van der Waals surface area contributed by atoms with Crippen molar-refractivity contribution in [3.05, 3.63) is 81.9 Å². The molecule has 0 bridgehead atoms. The maximum absolute atomic E-state index is 14.0. The Morgan fingerprint density at radius 3 is 2.62 bits per heavy atom. The summed E-state index contributed by atoms with van der Waals surface area (Å²) in [5.41, 5.74) is 3.51. The quantitative estimate of drug-likeness (QED) is 0.514. The second kappa shape index (κ2) is 8.54. The lowest BCUT2D eigenvalue weighted by Gasteiger charge is -2.10. The first-order valence-electron chi connectivity index (χ1n) is 9.93. The molecule has 8 nitrogen and oxygen atoms in total. The van der Waals surface area contributed by atoms with Gasteiger partial charge in [0, 0.05) is 18.2 Å². The molecule has 2 aromatic carbocycles. The minimum Gasteiger partial charge on any atom is -0.388 e. The third kappa shape index (κ3) is 4.04. The summed E-state index contributed by atoms with van der Waals surface area (Å²) >= 11 is 0. The molecule has 0 saturated carbocycles. The molecule has 4 aromatic rings. The highest BCUT2D eigenvalue weighted by molar-refractivity contribution is 6.04. The van der Waals surface area contributed by atoms with Gasteiger partial charge in [0.1, 0.15) is 5.82 Å². The van der Waals surface area contributed by atoms with Gasteiger partial charge in [-0.05, 0) is 42.7 Å². The van der Waals surface area contributed by atoms with Crippen LogP contribution >= 0.6 is 0 Å². The van der Waals surface area contributed by atoms with Gasteiger partial charge in [-0.15, -0.1) is 5.10 Å².